The number of allylic oxidation sites excluding steroid dienone is 8. The van der Waals surface area contributed by atoms with E-state index in [4.69, 9.17) is 16.7 Å². The van der Waals surface area contributed by atoms with Crippen molar-refractivity contribution >= 4 is 75.6 Å². The van der Waals surface area contributed by atoms with Crippen molar-refractivity contribution in [1.29, 1.82) is 0 Å². The molecule has 0 unspecified atom stereocenters. The number of nitrogens with zero attached hydrogens (tertiary/aromatic N) is 2. The number of benzene rings is 2. The van der Waals surface area contributed by atoms with Crippen LogP contribution in [0.3, 0.4) is 0 Å². The molecule has 55 heavy (non-hydrogen) atoms. The van der Waals surface area contributed by atoms with Crippen molar-refractivity contribution in [1.82, 2.24) is 0 Å². The van der Waals surface area contributed by atoms with Gasteiger partial charge in [0.15, 0.2) is 12.3 Å². The van der Waals surface area contributed by atoms with Crippen LogP contribution < -0.4 is 4.90 Å². The first-order chi connectivity index (χ1) is 25.8. The van der Waals surface area contributed by atoms with E-state index in [1.807, 2.05) is 36.6 Å². The topological polar surface area (TPSA) is 155 Å². The molecular weight excluding hydrogens is 780 g/mol. The van der Waals surface area contributed by atoms with Gasteiger partial charge in [-0.05, 0) is 93.0 Å². The number of halogens is 1. The van der Waals surface area contributed by atoms with E-state index in [0.717, 1.165) is 82.2 Å². The molecule has 0 fully saturated rings. The number of aliphatic carboxylic acids is 1. The number of hydrogen-bond acceptors (Lipinski definition) is 8. The van der Waals surface area contributed by atoms with Crippen LogP contribution in [0.1, 0.15) is 90.2 Å². The molecule has 0 saturated carbocycles. The third-order valence-electron chi connectivity index (χ3n) is 10.9. The molecule has 294 valence electrons. The minimum Gasteiger partial charge on any atom is -0.748 e. The predicted molar refractivity (Wildman–Crippen MR) is 219 cm³/mol. The minimum atomic E-state index is -4.45. The molecule has 2 aromatic carbocycles. The van der Waals surface area contributed by atoms with Gasteiger partial charge in [-0.2, -0.15) is 13.0 Å². The zero-order valence-corrected chi connectivity index (χ0v) is 34.7. The average molecular weight is 827 g/mol. The van der Waals surface area contributed by atoms with E-state index in [9.17, 15) is 30.7 Å². The molecule has 2 N–H and O–H groups in total. The summed E-state index contributed by atoms with van der Waals surface area (Å²) in [5, 5.41) is 11.3. The Hall–Kier alpha value is -3.59. The smallest absolute Gasteiger partial charge is 0.303 e. The Labute approximate surface area is 332 Å². The van der Waals surface area contributed by atoms with Gasteiger partial charge < -0.3 is 14.6 Å². The van der Waals surface area contributed by atoms with Crippen LogP contribution in [0.25, 0.3) is 10.1 Å². The number of thiophene rings is 1. The highest BCUT2D eigenvalue weighted by Crippen LogP contribution is 2.51. The van der Waals surface area contributed by atoms with Crippen molar-refractivity contribution < 1.29 is 40.4 Å². The van der Waals surface area contributed by atoms with Gasteiger partial charge in [0.25, 0.3) is 15.1 Å². The number of hydrogen-bond donors (Lipinski definition) is 2. The summed E-state index contributed by atoms with van der Waals surface area (Å²) in [6.07, 6.45) is 13.4. The molecule has 2 aliphatic heterocycles. The van der Waals surface area contributed by atoms with Gasteiger partial charge in [-0.3, -0.25) is 9.35 Å². The number of fused-ring (bicyclic) bond motifs is 4. The largest absolute Gasteiger partial charge is 0.748 e. The van der Waals surface area contributed by atoms with Gasteiger partial charge in [0, 0.05) is 63.1 Å². The molecule has 3 heterocycles. The number of anilines is 1. The molecule has 0 spiro atoms. The van der Waals surface area contributed by atoms with Gasteiger partial charge in [-0.1, -0.05) is 73.6 Å². The molecule has 10 nitrogen and oxygen atoms in total. The zero-order chi connectivity index (χ0) is 39.9. The molecule has 3 aromatic rings. The minimum absolute atomic E-state index is 0.105. The maximum absolute atomic E-state index is 12.1. The summed E-state index contributed by atoms with van der Waals surface area (Å²) >= 11 is 8.62. The molecule has 6 rings (SSSR count). The zero-order valence-electron chi connectivity index (χ0n) is 31.5. The van der Waals surface area contributed by atoms with E-state index in [1.165, 1.54) is 29.0 Å². The Morgan fingerprint density at radius 1 is 0.982 bits per heavy atom. The number of unbranched alkanes of at least 4 members (excludes halogenated alkanes) is 2. The first kappa shape index (κ1) is 41.1. The van der Waals surface area contributed by atoms with E-state index in [-0.39, 0.29) is 29.7 Å². The lowest BCUT2D eigenvalue weighted by Crippen LogP contribution is -2.28. The molecule has 1 aromatic heterocycles. The fraction of sp³-hybridized carbons (Fsp3) is 0.415. The molecule has 0 atom stereocenters. The summed E-state index contributed by atoms with van der Waals surface area (Å²) in [6.45, 7) is 9.52. The van der Waals surface area contributed by atoms with Crippen molar-refractivity contribution in [2.45, 2.75) is 94.8 Å². The van der Waals surface area contributed by atoms with Crippen molar-refractivity contribution in [2.75, 3.05) is 23.7 Å². The number of carboxylic acids is 1. The molecule has 1 aliphatic carbocycles. The monoisotopic (exact) mass is 826 g/mol. The Bertz CT molecular complexity index is 2420. The van der Waals surface area contributed by atoms with E-state index >= 15 is 0 Å². The highest BCUT2D eigenvalue weighted by Gasteiger charge is 2.47. The van der Waals surface area contributed by atoms with Crippen LogP contribution in [0.2, 0.25) is 0 Å². The van der Waals surface area contributed by atoms with Crippen molar-refractivity contribution in [3.8, 4) is 0 Å². The standard InChI is InChI=1S/C41H47ClN2O8S3/c1-40(2)31-14-7-8-15-32(31)43(23-9-5-6-16-36(45)46)34(40)21-17-27-12-10-13-28(38(27)42)18-22-35-41(3,4)37-30-26-29(55(50,51)52)19-20-33(30)53-39(37)44(35)24-11-25-54(47,48)49/h7-8,14-15,17-22,26H,5-6,9-13,16,23-25H2,1-4H3,(H2-,45,46,47,48,49,50,51,52). The van der Waals surface area contributed by atoms with Crippen LogP contribution in [-0.4, -0.2) is 66.1 Å². The third-order valence-corrected chi connectivity index (χ3v) is 14.2. The Morgan fingerprint density at radius 2 is 1.73 bits per heavy atom. The normalized spacial score (nSPS) is 19.7. The van der Waals surface area contributed by atoms with Crippen molar-refractivity contribution in [3.63, 3.8) is 0 Å². The maximum Gasteiger partial charge on any atom is 0.303 e. The fourth-order valence-corrected chi connectivity index (χ4v) is 10.9. The number of rotatable bonds is 14. The second kappa shape index (κ2) is 15.7. The second-order valence-corrected chi connectivity index (χ2v) is 19.8. The molecular formula is C41H47ClN2O8S3. The van der Waals surface area contributed by atoms with Crippen LogP contribution >= 0.6 is 22.9 Å². The highest BCUT2D eigenvalue weighted by atomic mass is 35.5. The lowest BCUT2D eigenvalue weighted by molar-refractivity contribution is -0.433. The van der Waals surface area contributed by atoms with Crippen LogP contribution in [0.15, 0.2) is 93.5 Å². The van der Waals surface area contributed by atoms with Gasteiger partial charge in [0.2, 0.25) is 0 Å². The van der Waals surface area contributed by atoms with Gasteiger partial charge in [-0.25, -0.2) is 8.42 Å². The quantitative estimate of drug-likeness (QED) is 0.0921. The summed E-state index contributed by atoms with van der Waals surface area (Å²) in [6, 6.07) is 12.9. The highest BCUT2D eigenvalue weighted by molar-refractivity contribution is 7.86. The average Bonchev–Trinajstić information content (AvgIpc) is 3.66. The van der Waals surface area contributed by atoms with E-state index < -0.39 is 37.4 Å². The third kappa shape index (κ3) is 8.57. The van der Waals surface area contributed by atoms with Crippen LogP contribution in [0, 0.1) is 0 Å². The number of para-hydroxylation sites is 1. The maximum atomic E-state index is 12.1. The first-order valence-corrected chi connectivity index (χ1v) is 22.7. The van der Waals surface area contributed by atoms with Crippen LogP contribution in [0.4, 0.5) is 10.7 Å². The van der Waals surface area contributed by atoms with E-state index in [2.05, 4.69) is 49.1 Å². The summed E-state index contributed by atoms with van der Waals surface area (Å²) in [5.74, 6) is -1.29. The Morgan fingerprint density at radius 3 is 2.44 bits per heavy atom. The predicted octanol–water partition coefficient (Wildman–Crippen LogP) is 8.95. The van der Waals surface area contributed by atoms with E-state index in [1.54, 1.807) is 6.07 Å². The van der Waals surface area contributed by atoms with Crippen molar-refractivity contribution in [3.05, 3.63) is 99.8 Å². The molecule has 0 amide bonds. The van der Waals surface area contributed by atoms with Gasteiger partial charge >= 0.3 is 5.97 Å². The number of carbonyl (C=O) groups is 1. The summed E-state index contributed by atoms with van der Waals surface area (Å²) in [7, 11) is -8.88. The summed E-state index contributed by atoms with van der Waals surface area (Å²) in [5.41, 5.74) is 6.35. The lowest BCUT2D eigenvalue weighted by Gasteiger charge is -2.27. The molecule has 3 aliphatic rings. The van der Waals surface area contributed by atoms with Gasteiger partial charge in [0.05, 0.1) is 26.0 Å². The fourth-order valence-electron chi connectivity index (χ4n) is 8.18. The van der Waals surface area contributed by atoms with Gasteiger partial charge in [-0.15, -0.1) is 0 Å². The summed E-state index contributed by atoms with van der Waals surface area (Å²) in [4.78, 5) is 13.2. The molecule has 0 saturated heterocycles. The second-order valence-electron chi connectivity index (χ2n) is 15.5. The van der Waals surface area contributed by atoms with Crippen molar-refractivity contribution in [2.24, 2.45) is 0 Å². The summed E-state index contributed by atoms with van der Waals surface area (Å²) < 4.78 is 71.4. The SMILES string of the molecule is CC1(C)C(/C=C/C2=C(Cl)C(=C/C=C3/N(CCCCCC(=O)O)c4ccccc4C3(C)C)/CCC2)=[N+](CCCS(=O)(=O)[O-])c2sc3ccc(S(=O)(=O)O)cc3c21. The number of carboxylic acid groups (broad SMARTS) is 1. The molecule has 0 radical (unpaired) electrons. The van der Waals surface area contributed by atoms with E-state index in [0.29, 0.717) is 16.8 Å². The Balaban J connectivity index is 1.34. The first-order valence-electron chi connectivity index (χ1n) is 18.5. The molecule has 14 heteroatoms. The Kier molecular flexibility index (Phi) is 11.8. The van der Waals surface area contributed by atoms with Crippen LogP contribution in [-0.2, 0) is 35.9 Å². The van der Waals surface area contributed by atoms with Crippen LogP contribution in [0.5, 0.6) is 0 Å². The lowest BCUT2D eigenvalue weighted by atomic mass is 9.80. The molecule has 0 bridgehead atoms. The van der Waals surface area contributed by atoms with Gasteiger partial charge in [0.1, 0.15) is 0 Å².